The van der Waals surface area contributed by atoms with Gasteiger partial charge in [-0.25, -0.2) is 0 Å². The first-order valence-corrected chi connectivity index (χ1v) is 7.37. The molecule has 2 rings (SSSR count). The molecule has 0 spiro atoms. The van der Waals surface area contributed by atoms with Crippen LogP contribution in [0, 0.1) is 5.92 Å². The largest absolute Gasteiger partial charge is 0.378 e. The summed E-state index contributed by atoms with van der Waals surface area (Å²) >= 11 is 0. The molecule has 2 N–H and O–H groups in total. The fraction of sp³-hybridized carbons (Fsp3) is 0.562. The molecule has 1 aliphatic rings. The molecule has 4 heteroatoms. The van der Waals surface area contributed by atoms with Crippen molar-refractivity contribution in [3.63, 3.8) is 0 Å². The lowest BCUT2D eigenvalue weighted by Gasteiger charge is -2.28. The van der Waals surface area contributed by atoms with Crippen molar-refractivity contribution in [2.24, 2.45) is 5.92 Å². The Morgan fingerprint density at radius 3 is 2.40 bits per heavy atom. The molecule has 0 saturated carbocycles. The monoisotopic (exact) mass is 275 g/mol. The second-order valence-corrected chi connectivity index (χ2v) is 5.79. The van der Waals surface area contributed by atoms with Gasteiger partial charge in [-0.2, -0.15) is 0 Å². The number of hydrogen-bond donors (Lipinski definition) is 2. The van der Waals surface area contributed by atoms with Crippen molar-refractivity contribution < 1.29 is 4.79 Å². The van der Waals surface area contributed by atoms with E-state index in [0.29, 0.717) is 5.92 Å². The minimum atomic E-state index is 0.0290. The molecule has 0 bridgehead atoms. The third-order valence-electron chi connectivity index (χ3n) is 4.10. The van der Waals surface area contributed by atoms with E-state index in [2.05, 4.69) is 17.6 Å². The van der Waals surface area contributed by atoms with Crippen molar-refractivity contribution in [3.8, 4) is 0 Å². The Balaban J connectivity index is 1.93. The van der Waals surface area contributed by atoms with Crippen LogP contribution in [0.3, 0.4) is 0 Å². The van der Waals surface area contributed by atoms with Crippen molar-refractivity contribution >= 4 is 11.6 Å². The summed E-state index contributed by atoms with van der Waals surface area (Å²) in [5, 5.41) is 6.49. The number of benzene rings is 1. The normalized spacial score (nSPS) is 17.6. The van der Waals surface area contributed by atoms with Gasteiger partial charge in [-0.3, -0.25) is 4.79 Å². The van der Waals surface area contributed by atoms with Crippen LogP contribution in [0.1, 0.15) is 30.1 Å². The highest BCUT2D eigenvalue weighted by Crippen LogP contribution is 2.17. The number of amides is 1. The molecule has 1 aromatic carbocycles. The number of carbonyl (C=O) groups is 1. The van der Waals surface area contributed by atoms with Crippen LogP contribution in [0.4, 0.5) is 5.69 Å². The SMILES string of the molecule is CC(NC(=O)c1ccc(N(C)C)cc1)C1CCNCC1. The first kappa shape index (κ1) is 14.9. The van der Waals surface area contributed by atoms with Crippen molar-refractivity contribution in [1.29, 1.82) is 0 Å². The lowest BCUT2D eigenvalue weighted by molar-refractivity contribution is 0.0920. The van der Waals surface area contributed by atoms with E-state index >= 15 is 0 Å². The molecular formula is C16H25N3O. The lowest BCUT2D eigenvalue weighted by Crippen LogP contribution is -2.42. The Hall–Kier alpha value is -1.55. The molecule has 1 aromatic rings. The van der Waals surface area contributed by atoms with Crippen LogP contribution in [0.5, 0.6) is 0 Å². The van der Waals surface area contributed by atoms with Crippen LogP contribution in [0.25, 0.3) is 0 Å². The number of nitrogens with one attached hydrogen (secondary N) is 2. The average molecular weight is 275 g/mol. The summed E-state index contributed by atoms with van der Waals surface area (Å²) in [6.07, 6.45) is 2.28. The average Bonchev–Trinajstić information content (AvgIpc) is 2.48. The minimum Gasteiger partial charge on any atom is -0.378 e. The van der Waals surface area contributed by atoms with E-state index in [9.17, 15) is 4.79 Å². The molecule has 1 atom stereocenters. The quantitative estimate of drug-likeness (QED) is 0.882. The highest BCUT2D eigenvalue weighted by atomic mass is 16.1. The zero-order chi connectivity index (χ0) is 14.5. The number of hydrogen-bond acceptors (Lipinski definition) is 3. The fourth-order valence-electron chi connectivity index (χ4n) is 2.66. The highest BCUT2D eigenvalue weighted by molar-refractivity contribution is 5.94. The first-order valence-electron chi connectivity index (χ1n) is 7.37. The topological polar surface area (TPSA) is 44.4 Å². The maximum Gasteiger partial charge on any atom is 0.251 e. The highest BCUT2D eigenvalue weighted by Gasteiger charge is 2.21. The smallest absolute Gasteiger partial charge is 0.251 e. The summed E-state index contributed by atoms with van der Waals surface area (Å²) in [7, 11) is 3.99. The second kappa shape index (κ2) is 6.75. The molecule has 110 valence electrons. The number of nitrogens with zero attached hydrogens (tertiary/aromatic N) is 1. The Bertz CT molecular complexity index is 436. The minimum absolute atomic E-state index is 0.0290. The van der Waals surface area contributed by atoms with Gasteiger partial charge in [0.25, 0.3) is 5.91 Å². The zero-order valence-corrected chi connectivity index (χ0v) is 12.6. The van der Waals surface area contributed by atoms with Gasteiger partial charge in [0.2, 0.25) is 0 Å². The van der Waals surface area contributed by atoms with Crippen LogP contribution < -0.4 is 15.5 Å². The summed E-state index contributed by atoms with van der Waals surface area (Å²) in [4.78, 5) is 14.3. The Labute approximate surface area is 121 Å². The van der Waals surface area contributed by atoms with Gasteiger partial charge in [-0.05, 0) is 63.0 Å². The van der Waals surface area contributed by atoms with E-state index < -0.39 is 0 Å². The van der Waals surface area contributed by atoms with Crippen LogP contribution in [-0.2, 0) is 0 Å². The fourth-order valence-corrected chi connectivity index (χ4v) is 2.66. The Kier molecular flexibility index (Phi) is 5.01. The molecule has 0 aliphatic carbocycles. The number of carbonyl (C=O) groups excluding carboxylic acids is 1. The Morgan fingerprint density at radius 1 is 1.25 bits per heavy atom. The van der Waals surface area contributed by atoms with Crippen molar-refractivity contribution in [2.75, 3.05) is 32.1 Å². The molecule has 1 heterocycles. The summed E-state index contributed by atoms with van der Waals surface area (Å²) in [5.41, 5.74) is 1.84. The molecule has 1 amide bonds. The molecule has 4 nitrogen and oxygen atoms in total. The van der Waals surface area contributed by atoms with E-state index in [1.165, 1.54) is 0 Å². The summed E-state index contributed by atoms with van der Waals surface area (Å²) in [5.74, 6) is 0.614. The predicted molar refractivity (Wildman–Crippen MR) is 83.3 cm³/mol. The lowest BCUT2D eigenvalue weighted by atomic mass is 9.91. The molecule has 1 aliphatic heterocycles. The van der Waals surface area contributed by atoms with Gasteiger partial charge in [-0.1, -0.05) is 0 Å². The number of piperidine rings is 1. The number of anilines is 1. The van der Waals surface area contributed by atoms with Gasteiger partial charge in [0.05, 0.1) is 0 Å². The third kappa shape index (κ3) is 3.73. The molecule has 1 fully saturated rings. The molecule has 0 radical (unpaired) electrons. The van der Waals surface area contributed by atoms with Crippen molar-refractivity contribution in [3.05, 3.63) is 29.8 Å². The molecule has 20 heavy (non-hydrogen) atoms. The van der Waals surface area contributed by atoms with Gasteiger partial charge >= 0.3 is 0 Å². The van der Waals surface area contributed by atoms with Crippen LogP contribution in [0.15, 0.2) is 24.3 Å². The van der Waals surface area contributed by atoms with Crippen molar-refractivity contribution in [2.45, 2.75) is 25.8 Å². The second-order valence-electron chi connectivity index (χ2n) is 5.79. The van der Waals surface area contributed by atoms with E-state index in [1.54, 1.807) is 0 Å². The molecule has 1 unspecified atom stereocenters. The van der Waals surface area contributed by atoms with Gasteiger partial charge in [0.15, 0.2) is 0 Å². The van der Waals surface area contributed by atoms with E-state index in [4.69, 9.17) is 0 Å². The molecular weight excluding hydrogens is 250 g/mol. The van der Waals surface area contributed by atoms with Gasteiger partial charge in [0, 0.05) is 31.4 Å². The standard InChI is InChI=1S/C16H25N3O/c1-12(13-8-10-17-11-9-13)18-16(20)14-4-6-15(7-5-14)19(2)3/h4-7,12-13,17H,8-11H2,1-3H3,(H,18,20). The Morgan fingerprint density at radius 2 is 1.85 bits per heavy atom. The van der Waals surface area contributed by atoms with Crippen LogP contribution >= 0.6 is 0 Å². The van der Waals surface area contributed by atoms with Gasteiger partial charge in [0.1, 0.15) is 0 Å². The predicted octanol–water partition coefficient (Wildman–Crippen LogP) is 1.87. The molecule has 1 saturated heterocycles. The van der Waals surface area contributed by atoms with Crippen molar-refractivity contribution in [1.82, 2.24) is 10.6 Å². The van der Waals surface area contributed by atoms with E-state index in [-0.39, 0.29) is 11.9 Å². The molecule has 0 aromatic heterocycles. The van der Waals surface area contributed by atoms with Gasteiger partial charge in [-0.15, -0.1) is 0 Å². The summed E-state index contributed by atoms with van der Waals surface area (Å²) in [6, 6.07) is 7.96. The van der Waals surface area contributed by atoms with Crippen LogP contribution in [-0.4, -0.2) is 39.1 Å². The van der Waals surface area contributed by atoms with Crippen LogP contribution in [0.2, 0.25) is 0 Å². The number of rotatable bonds is 4. The first-order chi connectivity index (χ1) is 9.58. The maximum atomic E-state index is 12.2. The zero-order valence-electron chi connectivity index (χ0n) is 12.6. The maximum absolute atomic E-state index is 12.2. The van der Waals surface area contributed by atoms with Gasteiger partial charge < -0.3 is 15.5 Å². The van der Waals surface area contributed by atoms with E-state index in [0.717, 1.165) is 37.2 Å². The van der Waals surface area contributed by atoms with E-state index in [1.807, 2.05) is 43.3 Å². The summed E-state index contributed by atoms with van der Waals surface area (Å²) < 4.78 is 0. The summed E-state index contributed by atoms with van der Waals surface area (Å²) in [6.45, 7) is 4.23. The third-order valence-corrected chi connectivity index (χ3v) is 4.10.